The average Bonchev–Trinajstić information content (AvgIpc) is 3.06. The smallest absolute Gasteiger partial charge is 0.253 e. The molecule has 0 saturated heterocycles. The van der Waals surface area contributed by atoms with Crippen LogP contribution >= 0.6 is 0 Å². The van der Waals surface area contributed by atoms with Crippen molar-refractivity contribution in [2.24, 2.45) is 0 Å². The van der Waals surface area contributed by atoms with Gasteiger partial charge in [0.15, 0.2) is 0 Å². The zero-order valence-corrected chi connectivity index (χ0v) is 14.0. The Labute approximate surface area is 138 Å². The fourth-order valence-corrected chi connectivity index (χ4v) is 2.56. The van der Waals surface area contributed by atoms with Gasteiger partial charge < -0.3 is 19.5 Å². The molecule has 1 aromatic carbocycles. The van der Waals surface area contributed by atoms with E-state index in [2.05, 4.69) is 5.32 Å². The van der Waals surface area contributed by atoms with Gasteiger partial charge in [-0.15, -0.1) is 0 Å². The Hall–Kier alpha value is -1.59. The van der Waals surface area contributed by atoms with Crippen molar-refractivity contribution in [1.29, 1.82) is 0 Å². The first-order chi connectivity index (χ1) is 11.2. The number of hydrogen-bond donors (Lipinski definition) is 1. The van der Waals surface area contributed by atoms with Gasteiger partial charge >= 0.3 is 0 Å². The first-order valence-corrected chi connectivity index (χ1v) is 8.46. The van der Waals surface area contributed by atoms with Crippen molar-refractivity contribution in [1.82, 2.24) is 0 Å². The van der Waals surface area contributed by atoms with E-state index in [9.17, 15) is 4.79 Å². The summed E-state index contributed by atoms with van der Waals surface area (Å²) < 4.78 is 16.5. The van der Waals surface area contributed by atoms with Crippen LogP contribution in [0.15, 0.2) is 24.3 Å². The van der Waals surface area contributed by atoms with Crippen LogP contribution < -0.4 is 10.1 Å². The van der Waals surface area contributed by atoms with E-state index in [-0.39, 0.29) is 5.91 Å². The van der Waals surface area contributed by atoms with Crippen LogP contribution in [0.5, 0.6) is 5.75 Å². The molecule has 5 heteroatoms. The minimum Gasteiger partial charge on any atom is -0.490 e. The van der Waals surface area contributed by atoms with Crippen LogP contribution in [0, 0.1) is 0 Å². The Balaban J connectivity index is 1.74. The van der Waals surface area contributed by atoms with Gasteiger partial charge in [0.25, 0.3) is 5.91 Å². The molecule has 0 spiro atoms. The number of carbonyl (C=O) groups excluding carboxylic acids is 1. The van der Waals surface area contributed by atoms with Crippen LogP contribution in [0.1, 0.15) is 39.5 Å². The maximum Gasteiger partial charge on any atom is 0.253 e. The van der Waals surface area contributed by atoms with E-state index in [0.717, 1.165) is 24.3 Å². The van der Waals surface area contributed by atoms with Crippen molar-refractivity contribution >= 4 is 11.6 Å². The van der Waals surface area contributed by atoms with E-state index in [1.807, 2.05) is 31.2 Å². The molecule has 1 fully saturated rings. The minimum absolute atomic E-state index is 0.161. The fraction of sp³-hybridized carbons (Fsp3) is 0.611. The number of amides is 1. The minimum atomic E-state index is -0.509. The van der Waals surface area contributed by atoms with Gasteiger partial charge in [-0.05, 0) is 63.8 Å². The lowest BCUT2D eigenvalue weighted by Crippen LogP contribution is -2.28. The van der Waals surface area contributed by atoms with E-state index in [0.29, 0.717) is 25.9 Å². The van der Waals surface area contributed by atoms with Crippen LogP contribution in [-0.4, -0.2) is 37.9 Å². The van der Waals surface area contributed by atoms with E-state index < -0.39 is 6.10 Å². The van der Waals surface area contributed by atoms with E-state index in [1.54, 1.807) is 6.92 Å². The highest BCUT2D eigenvalue weighted by atomic mass is 16.5. The first-order valence-electron chi connectivity index (χ1n) is 8.46. The third kappa shape index (κ3) is 6.20. The molecule has 0 radical (unpaired) electrons. The third-order valence-electron chi connectivity index (χ3n) is 3.90. The van der Waals surface area contributed by atoms with Gasteiger partial charge in [0, 0.05) is 12.3 Å². The standard InChI is InChI=1S/C18H27NO4/c1-3-21-12-13-22-14(2)18(20)19-15-8-10-17(11-9-15)23-16-6-4-5-7-16/h8-11,14,16H,3-7,12-13H2,1-2H3,(H,19,20)/t14-/m0/s1. The Morgan fingerprint density at radius 1 is 1.22 bits per heavy atom. The number of benzene rings is 1. The maximum absolute atomic E-state index is 12.0. The summed E-state index contributed by atoms with van der Waals surface area (Å²) in [6, 6.07) is 7.51. The summed E-state index contributed by atoms with van der Waals surface area (Å²) in [6.45, 7) is 5.23. The number of hydrogen-bond acceptors (Lipinski definition) is 4. The molecule has 128 valence electrons. The number of ether oxygens (including phenoxy) is 3. The number of carbonyl (C=O) groups is 1. The van der Waals surface area contributed by atoms with Gasteiger partial charge in [-0.25, -0.2) is 0 Å². The zero-order valence-electron chi connectivity index (χ0n) is 14.0. The molecule has 0 aromatic heterocycles. The van der Waals surface area contributed by atoms with Crippen molar-refractivity contribution in [2.75, 3.05) is 25.1 Å². The van der Waals surface area contributed by atoms with Crippen molar-refractivity contribution in [3.63, 3.8) is 0 Å². The molecule has 1 saturated carbocycles. The highest BCUT2D eigenvalue weighted by Gasteiger charge is 2.17. The second-order valence-electron chi connectivity index (χ2n) is 5.75. The van der Waals surface area contributed by atoms with Crippen LogP contribution in [0.3, 0.4) is 0 Å². The first kappa shape index (κ1) is 17.8. The second kappa shape index (κ2) is 9.53. The van der Waals surface area contributed by atoms with Crippen molar-refractivity contribution < 1.29 is 19.0 Å². The summed E-state index contributed by atoms with van der Waals surface area (Å²) in [6.07, 6.45) is 4.60. The van der Waals surface area contributed by atoms with Gasteiger partial charge in [0.05, 0.1) is 19.3 Å². The Bertz CT molecular complexity index is 468. The topological polar surface area (TPSA) is 56.8 Å². The molecule has 0 aliphatic heterocycles. The summed E-state index contributed by atoms with van der Waals surface area (Å²) in [5.41, 5.74) is 0.744. The van der Waals surface area contributed by atoms with E-state index in [4.69, 9.17) is 14.2 Å². The maximum atomic E-state index is 12.0. The molecule has 1 aromatic rings. The quantitative estimate of drug-likeness (QED) is 0.708. The molecule has 1 aliphatic rings. The summed E-state index contributed by atoms with van der Waals surface area (Å²) in [5, 5.41) is 2.84. The zero-order chi connectivity index (χ0) is 16.5. The van der Waals surface area contributed by atoms with Crippen molar-refractivity contribution in [3.05, 3.63) is 24.3 Å². The second-order valence-corrected chi connectivity index (χ2v) is 5.75. The molecule has 2 rings (SSSR count). The normalized spacial score (nSPS) is 16.3. The lowest BCUT2D eigenvalue weighted by molar-refractivity contribution is -0.127. The predicted molar refractivity (Wildman–Crippen MR) is 89.9 cm³/mol. The van der Waals surface area contributed by atoms with Crippen LogP contribution in [0.2, 0.25) is 0 Å². The Morgan fingerprint density at radius 3 is 2.57 bits per heavy atom. The number of anilines is 1. The Morgan fingerprint density at radius 2 is 1.91 bits per heavy atom. The predicted octanol–water partition coefficient (Wildman–Crippen LogP) is 3.39. The lowest BCUT2D eigenvalue weighted by atomic mass is 10.2. The van der Waals surface area contributed by atoms with Gasteiger partial charge in [-0.3, -0.25) is 4.79 Å². The third-order valence-corrected chi connectivity index (χ3v) is 3.90. The molecule has 5 nitrogen and oxygen atoms in total. The molecule has 1 aliphatic carbocycles. The number of rotatable bonds is 9. The van der Waals surface area contributed by atoms with E-state index in [1.165, 1.54) is 12.8 Å². The summed E-state index contributed by atoms with van der Waals surface area (Å²) >= 11 is 0. The van der Waals surface area contributed by atoms with Gasteiger partial charge in [-0.1, -0.05) is 0 Å². The average molecular weight is 321 g/mol. The SMILES string of the molecule is CCOCCO[C@@H](C)C(=O)Nc1ccc(OC2CCCC2)cc1. The molecule has 0 unspecified atom stereocenters. The summed E-state index contributed by atoms with van der Waals surface area (Å²) in [5.74, 6) is 0.696. The summed E-state index contributed by atoms with van der Waals surface area (Å²) in [7, 11) is 0. The molecule has 1 amide bonds. The lowest BCUT2D eigenvalue weighted by Gasteiger charge is -2.15. The van der Waals surface area contributed by atoms with E-state index >= 15 is 0 Å². The number of nitrogens with one attached hydrogen (secondary N) is 1. The highest BCUT2D eigenvalue weighted by Crippen LogP contribution is 2.25. The molecule has 1 atom stereocenters. The molecule has 0 heterocycles. The van der Waals surface area contributed by atoms with Crippen LogP contribution in [-0.2, 0) is 14.3 Å². The Kier molecular flexibility index (Phi) is 7.36. The molecule has 0 bridgehead atoms. The van der Waals surface area contributed by atoms with Crippen molar-refractivity contribution in [3.8, 4) is 5.75 Å². The molecule has 23 heavy (non-hydrogen) atoms. The van der Waals surface area contributed by atoms with Gasteiger partial charge in [-0.2, -0.15) is 0 Å². The van der Waals surface area contributed by atoms with Gasteiger partial charge in [0.1, 0.15) is 11.9 Å². The summed E-state index contributed by atoms with van der Waals surface area (Å²) in [4.78, 5) is 12.0. The largest absolute Gasteiger partial charge is 0.490 e. The fourth-order valence-electron chi connectivity index (χ4n) is 2.56. The highest BCUT2D eigenvalue weighted by molar-refractivity contribution is 5.93. The van der Waals surface area contributed by atoms with Gasteiger partial charge in [0.2, 0.25) is 0 Å². The van der Waals surface area contributed by atoms with Crippen molar-refractivity contribution in [2.45, 2.75) is 51.7 Å². The van der Waals surface area contributed by atoms with Crippen LogP contribution in [0.25, 0.3) is 0 Å². The molecule has 1 N–H and O–H groups in total. The monoisotopic (exact) mass is 321 g/mol. The van der Waals surface area contributed by atoms with Crippen LogP contribution in [0.4, 0.5) is 5.69 Å². The molecular weight excluding hydrogens is 294 g/mol. The molecular formula is C18H27NO4.